The van der Waals surface area contributed by atoms with Crippen LogP contribution < -0.4 is 4.74 Å². The number of esters is 1. The van der Waals surface area contributed by atoms with E-state index in [0.717, 1.165) is 5.56 Å². The maximum absolute atomic E-state index is 13.5. The Balaban J connectivity index is 2.98. The Morgan fingerprint density at radius 2 is 2.12 bits per heavy atom. The molecule has 0 heterocycles. The van der Waals surface area contributed by atoms with Crippen LogP contribution in [0, 0.1) is 5.82 Å². The van der Waals surface area contributed by atoms with Gasteiger partial charge < -0.3 is 9.47 Å². The fraction of sp³-hybridized carbons (Fsp3) is 0.417. The Morgan fingerprint density at radius 1 is 1.41 bits per heavy atom. The van der Waals surface area contributed by atoms with Crippen LogP contribution >= 0.6 is 15.9 Å². The van der Waals surface area contributed by atoms with Gasteiger partial charge in [-0.15, -0.1) is 0 Å². The van der Waals surface area contributed by atoms with Gasteiger partial charge in [-0.05, 0) is 30.2 Å². The fourth-order valence-electron chi connectivity index (χ4n) is 1.45. The van der Waals surface area contributed by atoms with Crippen LogP contribution in [-0.4, -0.2) is 19.7 Å². The normalized spacial score (nSPS) is 10.1. The molecule has 1 aromatic rings. The summed E-state index contributed by atoms with van der Waals surface area (Å²) in [6, 6.07) is 2.89. The van der Waals surface area contributed by atoms with Gasteiger partial charge >= 0.3 is 5.97 Å². The second-order valence-corrected chi connectivity index (χ2v) is 3.93. The van der Waals surface area contributed by atoms with Gasteiger partial charge in [0.2, 0.25) is 0 Å². The molecule has 0 saturated carbocycles. The van der Waals surface area contributed by atoms with E-state index in [1.807, 2.05) is 0 Å². The van der Waals surface area contributed by atoms with Crippen LogP contribution in [0.25, 0.3) is 0 Å². The average molecular weight is 305 g/mol. The van der Waals surface area contributed by atoms with Gasteiger partial charge in [0.1, 0.15) is 0 Å². The van der Waals surface area contributed by atoms with Crippen LogP contribution in [0.2, 0.25) is 0 Å². The molecule has 94 valence electrons. The first-order valence-corrected chi connectivity index (χ1v) is 6.31. The first kappa shape index (κ1) is 14.0. The predicted molar refractivity (Wildman–Crippen MR) is 65.9 cm³/mol. The quantitative estimate of drug-likeness (QED) is 0.620. The van der Waals surface area contributed by atoms with E-state index >= 15 is 0 Å². The van der Waals surface area contributed by atoms with E-state index in [2.05, 4.69) is 15.9 Å². The van der Waals surface area contributed by atoms with E-state index in [1.54, 1.807) is 13.0 Å². The zero-order chi connectivity index (χ0) is 12.8. The van der Waals surface area contributed by atoms with Gasteiger partial charge in [0, 0.05) is 5.33 Å². The SMILES string of the molecule is CCOC(=O)Cc1cc(F)c(OC)cc1CBr. The van der Waals surface area contributed by atoms with E-state index in [-0.39, 0.29) is 18.1 Å². The number of hydrogen-bond donors (Lipinski definition) is 0. The molecule has 0 spiro atoms. The summed E-state index contributed by atoms with van der Waals surface area (Å²) in [6.45, 7) is 2.05. The molecule has 0 bridgehead atoms. The van der Waals surface area contributed by atoms with Gasteiger partial charge in [-0.25, -0.2) is 4.39 Å². The van der Waals surface area contributed by atoms with E-state index in [9.17, 15) is 9.18 Å². The number of ether oxygens (including phenoxy) is 2. The highest BCUT2D eigenvalue weighted by Crippen LogP contribution is 2.24. The van der Waals surface area contributed by atoms with Crippen LogP contribution in [-0.2, 0) is 21.3 Å². The highest BCUT2D eigenvalue weighted by molar-refractivity contribution is 9.08. The number of carbonyl (C=O) groups excluding carboxylic acids is 1. The Morgan fingerprint density at radius 3 is 2.65 bits per heavy atom. The van der Waals surface area contributed by atoms with Gasteiger partial charge in [-0.2, -0.15) is 0 Å². The minimum Gasteiger partial charge on any atom is -0.494 e. The van der Waals surface area contributed by atoms with E-state index < -0.39 is 5.82 Å². The lowest BCUT2D eigenvalue weighted by molar-refractivity contribution is -0.142. The Labute approximate surface area is 108 Å². The van der Waals surface area contributed by atoms with Crippen LogP contribution in [0.3, 0.4) is 0 Å². The molecular weight excluding hydrogens is 291 g/mol. The fourth-order valence-corrected chi connectivity index (χ4v) is 1.97. The third-order valence-corrected chi connectivity index (χ3v) is 2.86. The Hall–Kier alpha value is -1.10. The summed E-state index contributed by atoms with van der Waals surface area (Å²) in [6.07, 6.45) is 0.0652. The van der Waals surface area contributed by atoms with Crippen molar-refractivity contribution in [3.05, 3.63) is 29.1 Å². The second-order valence-electron chi connectivity index (χ2n) is 3.37. The predicted octanol–water partition coefficient (Wildman–Crippen LogP) is 2.83. The number of methoxy groups -OCH3 is 1. The third-order valence-electron chi connectivity index (χ3n) is 2.26. The van der Waals surface area contributed by atoms with Crippen molar-refractivity contribution in [3.63, 3.8) is 0 Å². The van der Waals surface area contributed by atoms with Gasteiger partial charge in [0.15, 0.2) is 11.6 Å². The molecule has 0 aliphatic heterocycles. The molecule has 3 nitrogen and oxygen atoms in total. The third kappa shape index (κ3) is 3.70. The molecule has 0 radical (unpaired) electrons. The average Bonchev–Trinajstić information content (AvgIpc) is 2.29. The molecular formula is C12H14BrFO3. The molecule has 0 aliphatic carbocycles. The summed E-state index contributed by atoms with van der Waals surface area (Å²) in [5.74, 6) is -0.664. The van der Waals surface area contributed by atoms with Crippen molar-refractivity contribution in [2.75, 3.05) is 13.7 Å². The zero-order valence-electron chi connectivity index (χ0n) is 9.76. The largest absolute Gasteiger partial charge is 0.494 e. The summed E-state index contributed by atoms with van der Waals surface area (Å²) in [5, 5.41) is 0.526. The van der Waals surface area contributed by atoms with Crippen LogP contribution in [0.15, 0.2) is 12.1 Å². The lowest BCUT2D eigenvalue weighted by atomic mass is 10.1. The molecule has 0 N–H and O–H groups in total. The summed E-state index contributed by atoms with van der Waals surface area (Å²) in [7, 11) is 1.40. The molecule has 1 aromatic carbocycles. The summed E-state index contributed by atoms with van der Waals surface area (Å²) in [4.78, 5) is 11.4. The lowest BCUT2D eigenvalue weighted by Gasteiger charge is -2.10. The Bertz CT molecular complexity index is 407. The molecule has 5 heteroatoms. The molecule has 0 saturated heterocycles. The van der Waals surface area contributed by atoms with Crippen molar-refractivity contribution in [1.82, 2.24) is 0 Å². The van der Waals surface area contributed by atoms with Gasteiger partial charge in [0.05, 0.1) is 20.1 Å². The summed E-state index contributed by atoms with van der Waals surface area (Å²) < 4.78 is 23.2. The highest BCUT2D eigenvalue weighted by Gasteiger charge is 2.13. The summed E-state index contributed by atoms with van der Waals surface area (Å²) >= 11 is 3.30. The molecule has 0 unspecified atom stereocenters. The monoisotopic (exact) mass is 304 g/mol. The molecule has 0 aliphatic rings. The van der Waals surface area contributed by atoms with Crippen LogP contribution in [0.1, 0.15) is 18.1 Å². The topological polar surface area (TPSA) is 35.5 Å². The molecule has 0 atom stereocenters. The summed E-state index contributed by atoms with van der Waals surface area (Å²) in [5.41, 5.74) is 1.43. The van der Waals surface area contributed by atoms with Crippen molar-refractivity contribution < 1.29 is 18.7 Å². The number of carbonyl (C=O) groups is 1. The van der Waals surface area contributed by atoms with Gasteiger partial charge in [-0.3, -0.25) is 4.79 Å². The van der Waals surface area contributed by atoms with E-state index in [0.29, 0.717) is 17.5 Å². The van der Waals surface area contributed by atoms with Crippen molar-refractivity contribution in [2.45, 2.75) is 18.7 Å². The smallest absolute Gasteiger partial charge is 0.310 e. The first-order valence-electron chi connectivity index (χ1n) is 5.19. The molecule has 1 rings (SSSR count). The number of rotatable bonds is 5. The second kappa shape index (κ2) is 6.59. The van der Waals surface area contributed by atoms with Crippen molar-refractivity contribution in [3.8, 4) is 5.75 Å². The zero-order valence-corrected chi connectivity index (χ0v) is 11.3. The number of benzene rings is 1. The van der Waals surface area contributed by atoms with Crippen LogP contribution in [0.4, 0.5) is 4.39 Å². The lowest BCUT2D eigenvalue weighted by Crippen LogP contribution is -2.09. The van der Waals surface area contributed by atoms with Gasteiger partial charge in [0.25, 0.3) is 0 Å². The standard InChI is InChI=1S/C12H14BrFO3/c1-3-17-12(15)6-8-4-10(14)11(16-2)5-9(8)7-13/h4-5H,3,6-7H2,1-2H3. The van der Waals surface area contributed by atoms with Crippen molar-refractivity contribution >= 4 is 21.9 Å². The first-order chi connectivity index (χ1) is 8.12. The molecule has 0 fully saturated rings. The van der Waals surface area contributed by atoms with E-state index in [4.69, 9.17) is 9.47 Å². The van der Waals surface area contributed by atoms with Crippen molar-refractivity contribution in [1.29, 1.82) is 0 Å². The molecule has 17 heavy (non-hydrogen) atoms. The van der Waals surface area contributed by atoms with Gasteiger partial charge in [-0.1, -0.05) is 15.9 Å². The maximum Gasteiger partial charge on any atom is 0.310 e. The Kier molecular flexibility index (Phi) is 5.41. The number of alkyl halides is 1. The van der Waals surface area contributed by atoms with E-state index in [1.165, 1.54) is 13.2 Å². The van der Waals surface area contributed by atoms with Crippen LogP contribution in [0.5, 0.6) is 5.75 Å². The highest BCUT2D eigenvalue weighted by atomic mass is 79.9. The van der Waals surface area contributed by atoms with Crippen molar-refractivity contribution in [2.24, 2.45) is 0 Å². The minimum atomic E-state index is -0.475. The maximum atomic E-state index is 13.5. The minimum absolute atomic E-state index is 0.0652. The number of halogens is 2. The number of hydrogen-bond acceptors (Lipinski definition) is 3. The molecule has 0 amide bonds. The molecule has 0 aromatic heterocycles.